The van der Waals surface area contributed by atoms with Crippen molar-refractivity contribution in [3.8, 4) is 0 Å². The van der Waals surface area contributed by atoms with Crippen LogP contribution in [-0.4, -0.2) is 20.3 Å². The molecule has 0 saturated carbocycles. The highest BCUT2D eigenvalue weighted by Crippen LogP contribution is 2.32. The Morgan fingerprint density at radius 3 is 2.94 bits per heavy atom. The highest BCUT2D eigenvalue weighted by Gasteiger charge is 2.24. The lowest BCUT2D eigenvalue weighted by Gasteiger charge is -2.30. The molecule has 1 aliphatic heterocycles. The van der Waals surface area contributed by atoms with Crippen molar-refractivity contribution in [1.82, 2.24) is 5.32 Å². The zero-order valence-corrected chi connectivity index (χ0v) is 12.2. The predicted molar refractivity (Wildman–Crippen MR) is 74.5 cm³/mol. The van der Waals surface area contributed by atoms with E-state index in [4.69, 9.17) is 16.3 Å². The highest BCUT2D eigenvalue weighted by molar-refractivity contribution is 9.10. The van der Waals surface area contributed by atoms with Crippen LogP contribution in [0.1, 0.15) is 24.4 Å². The molecule has 2 rings (SSSR count). The number of ether oxygens (including phenoxy) is 1. The van der Waals surface area contributed by atoms with Crippen LogP contribution in [0.4, 0.5) is 0 Å². The smallest absolute Gasteiger partial charge is 0.0551 e. The van der Waals surface area contributed by atoms with Crippen molar-refractivity contribution in [3.05, 3.63) is 33.3 Å². The third-order valence-corrected chi connectivity index (χ3v) is 4.51. The van der Waals surface area contributed by atoms with Crippen LogP contribution in [0.2, 0.25) is 5.02 Å². The van der Waals surface area contributed by atoms with Crippen LogP contribution in [0.15, 0.2) is 22.7 Å². The van der Waals surface area contributed by atoms with Crippen LogP contribution in [0, 0.1) is 5.92 Å². The summed E-state index contributed by atoms with van der Waals surface area (Å²) in [5, 5.41) is 4.14. The predicted octanol–water partition coefficient (Wildman–Crippen LogP) is 3.79. The van der Waals surface area contributed by atoms with Crippen LogP contribution >= 0.6 is 27.5 Å². The lowest BCUT2D eigenvalue weighted by atomic mass is 9.89. The summed E-state index contributed by atoms with van der Waals surface area (Å²) in [6.07, 6.45) is 2.35. The molecule has 94 valence electrons. The van der Waals surface area contributed by atoms with E-state index in [0.717, 1.165) is 29.1 Å². The summed E-state index contributed by atoms with van der Waals surface area (Å²) in [5.74, 6) is 0.533. The fourth-order valence-electron chi connectivity index (χ4n) is 2.41. The highest BCUT2D eigenvalue weighted by atomic mass is 79.9. The van der Waals surface area contributed by atoms with Gasteiger partial charge >= 0.3 is 0 Å². The molecule has 1 saturated heterocycles. The van der Waals surface area contributed by atoms with Crippen molar-refractivity contribution in [2.45, 2.75) is 18.9 Å². The Morgan fingerprint density at radius 2 is 2.35 bits per heavy atom. The molecular weight excluding hydrogens is 302 g/mol. The SMILES string of the molecule is CNC(c1ccc(Br)c(Cl)c1)C1CCCOC1. The molecule has 4 heteroatoms. The number of nitrogens with one attached hydrogen (secondary N) is 1. The van der Waals surface area contributed by atoms with Gasteiger partial charge in [-0.2, -0.15) is 0 Å². The number of hydrogen-bond acceptors (Lipinski definition) is 2. The summed E-state index contributed by atoms with van der Waals surface area (Å²) >= 11 is 9.57. The van der Waals surface area contributed by atoms with Gasteiger partial charge in [0.05, 0.1) is 11.6 Å². The average molecular weight is 319 g/mol. The van der Waals surface area contributed by atoms with Crippen molar-refractivity contribution < 1.29 is 4.74 Å². The molecule has 0 radical (unpaired) electrons. The fourth-order valence-corrected chi connectivity index (χ4v) is 2.84. The Hall–Kier alpha value is -0.0900. The summed E-state index contributed by atoms with van der Waals surface area (Å²) in [6.45, 7) is 1.73. The maximum atomic E-state index is 6.15. The van der Waals surface area contributed by atoms with Gasteiger partial charge in [0.2, 0.25) is 0 Å². The van der Waals surface area contributed by atoms with Gasteiger partial charge in [-0.1, -0.05) is 17.7 Å². The molecule has 1 heterocycles. The van der Waals surface area contributed by atoms with Crippen LogP contribution < -0.4 is 5.32 Å². The fraction of sp³-hybridized carbons (Fsp3) is 0.538. The third-order valence-electron chi connectivity index (χ3n) is 3.28. The zero-order valence-electron chi connectivity index (χ0n) is 9.88. The molecule has 0 spiro atoms. The minimum absolute atomic E-state index is 0.320. The lowest BCUT2D eigenvalue weighted by molar-refractivity contribution is 0.0402. The van der Waals surface area contributed by atoms with Gasteiger partial charge in [0, 0.05) is 23.0 Å². The third kappa shape index (κ3) is 3.22. The molecule has 1 N–H and O–H groups in total. The number of hydrogen-bond donors (Lipinski definition) is 1. The summed E-state index contributed by atoms with van der Waals surface area (Å²) in [5.41, 5.74) is 1.23. The van der Waals surface area contributed by atoms with Gasteiger partial charge in [-0.25, -0.2) is 0 Å². The molecule has 1 fully saturated rings. The summed E-state index contributed by atoms with van der Waals surface area (Å²) in [7, 11) is 2.00. The van der Waals surface area contributed by atoms with Crippen LogP contribution in [0.3, 0.4) is 0 Å². The van der Waals surface area contributed by atoms with E-state index in [0.29, 0.717) is 12.0 Å². The maximum Gasteiger partial charge on any atom is 0.0551 e. The first-order valence-electron chi connectivity index (χ1n) is 5.92. The van der Waals surface area contributed by atoms with Crippen molar-refractivity contribution in [1.29, 1.82) is 0 Å². The molecule has 2 nitrogen and oxygen atoms in total. The first-order chi connectivity index (χ1) is 8.22. The number of halogens is 2. The van der Waals surface area contributed by atoms with Gasteiger partial charge in [0.25, 0.3) is 0 Å². The van der Waals surface area contributed by atoms with Gasteiger partial charge < -0.3 is 10.1 Å². The Kier molecular flexibility index (Phi) is 4.86. The van der Waals surface area contributed by atoms with Gasteiger partial charge in [0.15, 0.2) is 0 Å². The largest absolute Gasteiger partial charge is 0.381 e. The zero-order chi connectivity index (χ0) is 12.3. The Morgan fingerprint density at radius 1 is 1.53 bits per heavy atom. The Bertz CT molecular complexity index is 380. The summed E-state index contributed by atoms with van der Waals surface area (Å²) in [6, 6.07) is 6.47. The molecule has 17 heavy (non-hydrogen) atoms. The van der Waals surface area contributed by atoms with E-state index in [2.05, 4.69) is 27.3 Å². The Balaban J connectivity index is 2.18. The van der Waals surface area contributed by atoms with Gasteiger partial charge in [0.1, 0.15) is 0 Å². The van der Waals surface area contributed by atoms with Crippen molar-refractivity contribution >= 4 is 27.5 Å². The number of benzene rings is 1. The molecular formula is C13H17BrClNO. The normalized spacial score (nSPS) is 22.4. The minimum atomic E-state index is 0.320. The second kappa shape index (κ2) is 6.19. The molecule has 2 atom stereocenters. The quantitative estimate of drug-likeness (QED) is 0.915. The Labute approximate surface area is 116 Å². The molecule has 0 aromatic heterocycles. The second-order valence-electron chi connectivity index (χ2n) is 4.42. The van der Waals surface area contributed by atoms with Gasteiger partial charge in [-0.3, -0.25) is 0 Å². The van der Waals surface area contributed by atoms with Crippen molar-refractivity contribution in [2.75, 3.05) is 20.3 Å². The first kappa shape index (κ1) is 13.3. The maximum absolute atomic E-state index is 6.15. The molecule has 1 aromatic carbocycles. The van der Waals surface area contributed by atoms with Crippen molar-refractivity contribution in [2.24, 2.45) is 5.92 Å². The summed E-state index contributed by atoms with van der Waals surface area (Å²) in [4.78, 5) is 0. The molecule has 0 amide bonds. The van der Waals surface area contributed by atoms with E-state index >= 15 is 0 Å². The topological polar surface area (TPSA) is 21.3 Å². The van der Waals surface area contributed by atoms with E-state index in [1.165, 1.54) is 12.0 Å². The number of rotatable bonds is 3. The lowest BCUT2D eigenvalue weighted by Crippen LogP contribution is -2.31. The van der Waals surface area contributed by atoms with E-state index < -0.39 is 0 Å². The molecule has 0 bridgehead atoms. The monoisotopic (exact) mass is 317 g/mol. The van der Waals surface area contributed by atoms with Crippen molar-refractivity contribution in [3.63, 3.8) is 0 Å². The molecule has 0 aliphatic carbocycles. The van der Waals surface area contributed by atoms with Crippen LogP contribution in [0.25, 0.3) is 0 Å². The van der Waals surface area contributed by atoms with E-state index in [1.807, 2.05) is 19.2 Å². The molecule has 1 aromatic rings. The van der Waals surface area contributed by atoms with E-state index in [9.17, 15) is 0 Å². The van der Waals surface area contributed by atoms with Crippen LogP contribution in [0.5, 0.6) is 0 Å². The molecule has 1 aliphatic rings. The average Bonchev–Trinajstić information content (AvgIpc) is 2.36. The standard InChI is InChI=1S/C13H17BrClNO/c1-16-13(10-3-2-6-17-8-10)9-4-5-11(14)12(15)7-9/h4-5,7,10,13,16H,2-3,6,8H2,1H3. The second-order valence-corrected chi connectivity index (χ2v) is 5.68. The van der Waals surface area contributed by atoms with Gasteiger partial charge in [-0.05, 0) is 53.5 Å². The van der Waals surface area contributed by atoms with E-state index in [-0.39, 0.29) is 0 Å². The minimum Gasteiger partial charge on any atom is -0.381 e. The van der Waals surface area contributed by atoms with Gasteiger partial charge in [-0.15, -0.1) is 0 Å². The first-order valence-corrected chi connectivity index (χ1v) is 7.09. The molecule has 2 unspecified atom stereocenters. The van der Waals surface area contributed by atoms with E-state index in [1.54, 1.807) is 0 Å². The van der Waals surface area contributed by atoms with Crippen LogP contribution in [-0.2, 0) is 4.74 Å². The summed E-state index contributed by atoms with van der Waals surface area (Å²) < 4.78 is 6.50.